The van der Waals surface area contributed by atoms with Crippen molar-refractivity contribution in [1.82, 2.24) is 4.98 Å². The summed E-state index contributed by atoms with van der Waals surface area (Å²) in [6.45, 7) is 0. The first-order valence-electron chi connectivity index (χ1n) is 3.17. The van der Waals surface area contributed by atoms with Gasteiger partial charge in [0.25, 0.3) is 5.24 Å². The van der Waals surface area contributed by atoms with Gasteiger partial charge in [0.05, 0.1) is 0 Å². The number of hydrogen-bond donors (Lipinski definition) is 1. The van der Waals surface area contributed by atoms with Gasteiger partial charge in [0, 0.05) is 5.38 Å². The van der Waals surface area contributed by atoms with Crippen molar-refractivity contribution in [2.45, 2.75) is 0 Å². The van der Waals surface area contributed by atoms with Gasteiger partial charge < -0.3 is 10.6 Å². The molecule has 0 aromatic carbocycles. The molecule has 0 aliphatic carbocycles. The average molecular weight is 256 g/mol. The SMILES string of the molecule is CON=C(C(=O)Cl)c1csc(N)n1.Cl. The van der Waals surface area contributed by atoms with Crippen LogP contribution in [-0.2, 0) is 9.63 Å². The summed E-state index contributed by atoms with van der Waals surface area (Å²) >= 11 is 6.44. The van der Waals surface area contributed by atoms with Crippen molar-refractivity contribution in [3.8, 4) is 0 Å². The first kappa shape index (κ1) is 13.2. The largest absolute Gasteiger partial charge is 0.398 e. The van der Waals surface area contributed by atoms with Crippen LogP contribution in [0.4, 0.5) is 5.13 Å². The molecule has 78 valence electrons. The zero-order valence-electron chi connectivity index (χ0n) is 7.06. The molecule has 1 heterocycles. The van der Waals surface area contributed by atoms with Crippen LogP contribution >= 0.6 is 35.3 Å². The van der Waals surface area contributed by atoms with E-state index in [4.69, 9.17) is 17.3 Å². The van der Waals surface area contributed by atoms with Gasteiger partial charge in [0.2, 0.25) is 0 Å². The number of thiazole rings is 1. The van der Waals surface area contributed by atoms with Gasteiger partial charge in [-0.25, -0.2) is 4.98 Å². The number of nitrogen functional groups attached to an aromatic ring is 1. The minimum absolute atomic E-state index is 0. The van der Waals surface area contributed by atoms with Crippen molar-refractivity contribution in [2.75, 3.05) is 12.8 Å². The fraction of sp³-hybridized carbons (Fsp3) is 0.167. The van der Waals surface area contributed by atoms with Gasteiger partial charge in [-0.15, -0.1) is 23.7 Å². The molecule has 1 aromatic rings. The summed E-state index contributed by atoms with van der Waals surface area (Å²) in [5, 5.41) is 4.62. The number of carbonyl (C=O) groups is 1. The number of anilines is 1. The van der Waals surface area contributed by atoms with Crippen LogP contribution in [0.2, 0.25) is 0 Å². The van der Waals surface area contributed by atoms with Crippen molar-refractivity contribution in [2.24, 2.45) is 5.16 Å². The van der Waals surface area contributed by atoms with Crippen molar-refractivity contribution in [3.05, 3.63) is 11.1 Å². The standard InChI is InChI=1S/C6H6ClN3O2S.ClH/c1-12-10-4(5(7)11)3-2-13-6(8)9-3;/h2H,1H3,(H2,8,9);1H. The Hall–Kier alpha value is -0.850. The van der Waals surface area contributed by atoms with Crippen LogP contribution in [0.15, 0.2) is 10.5 Å². The fourth-order valence-electron chi connectivity index (χ4n) is 0.671. The Kier molecular flexibility index (Phi) is 5.44. The van der Waals surface area contributed by atoms with Crippen molar-refractivity contribution < 1.29 is 9.63 Å². The lowest BCUT2D eigenvalue weighted by molar-refractivity contribution is -0.106. The maximum atomic E-state index is 10.8. The van der Waals surface area contributed by atoms with Crippen molar-refractivity contribution in [1.29, 1.82) is 0 Å². The number of oxime groups is 1. The van der Waals surface area contributed by atoms with Gasteiger partial charge in [-0.1, -0.05) is 5.16 Å². The van der Waals surface area contributed by atoms with Gasteiger partial charge in [-0.3, -0.25) is 4.79 Å². The minimum atomic E-state index is -0.729. The normalized spacial score (nSPS) is 10.6. The minimum Gasteiger partial charge on any atom is -0.398 e. The lowest BCUT2D eigenvalue weighted by Crippen LogP contribution is -2.10. The first-order valence-corrected chi connectivity index (χ1v) is 4.43. The highest BCUT2D eigenvalue weighted by Gasteiger charge is 2.15. The molecule has 1 aromatic heterocycles. The lowest BCUT2D eigenvalue weighted by Gasteiger charge is -1.94. The summed E-state index contributed by atoms with van der Waals surface area (Å²) in [5.41, 5.74) is 5.65. The summed E-state index contributed by atoms with van der Waals surface area (Å²) in [7, 11) is 1.32. The van der Waals surface area contributed by atoms with Gasteiger partial charge in [0.1, 0.15) is 12.8 Å². The van der Waals surface area contributed by atoms with E-state index in [1.807, 2.05) is 0 Å². The van der Waals surface area contributed by atoms with E-state index in [9.17, 15) is 4.79 Å². The third-order valence-corrected chi connectivity index (χ3v) is 1.99. The van der Waals surface area contributed by atoms with Gasteiger partial charge in [-0.2, -0.15) is 0 Å². The molecule has 2 N–H and O–H groups in total. The summed E-state index contributed by atoms with van der Waals surface area (Å²) in [6.07, 6.45) is 0. The molecule has 1 rings (SSSR count). The van der Waals surface area contributed by atoms with E-state index in [1.54, 1.807) is 5.38 Å². The van der Waals surface area contributed by atoms with E-state index < -0.39 is 5.24 Å². The molecule has 0 unspecified atom stereocenters. The highest BCUT2D eigenvalue weighted by molar-refractivity contribution is 7.13. The lowest BCUT2D eigenvalue weighted by atomic mass is 10.3. The number of rotatable bonds is 3. The molecule has 0 radical (unpaired) electrons. The van der Waals surface area contributed by atoms with Gasteiger partial charge in [0.15, 0.2) is 10.8 Å². The van der Waals surface area contributed by atoms with Crippen molar-refractivity contribution >= 4 is 51.4 Å². The van der Waals surface area contributed by atoms with Gasteiger partial charge >= 0.3 is 0 Å². The van der Waals surface area contributed by atoms with Crippen LogP contribution < -0.4 is 5.73 Å². The predicted molar refractivity (Wildman–Crippen MR) is 58.2 cm³/mol. The molecule has 5 nitrogen and oxygen atoms in total. The zero-order chi connectivity index (χ0) is 9.84. The second kappa shape index (κ2) is 5.79. The number of nitrogens with two attached hydrogens (primary N) is 1. The fourth-order valence-corrected chi connectivity index (χ4v) is 1.35. The predicted octanol–water partition coefficient (Wildman–Crippen LogP) is 1.26. The Labute approximate surface area is 95.3 Å². The molecule has 0 atom stereocenters. The smallest absolute Gasteiger partial charge is 0.276 e. The second-order valence-corrected chi connectivity index (χ2v) is 3.20. The number of halogens is 2. The van der Waals surface area contributed by atoms with Crippen LogP contribution in [0, 0.1) is 0 Å². The summed E-state index contributed by atoms with van der Waals surface area (Å²) in [5.74, 6) is 0. The number of carbonyl (C=O) groups excluding carboxylic acids is 1. The summed E-state index contributed by atoms with van der Waals surface area (Å²) in [6, 6.07) is 0. The highest BCUT2D eigenvalue weighted by atomic mass is 35.5. The number of hydrogen-bond acceptors (Lipinski definition) is 6. The summed E-state index contributed by atoms with van der Waals surface area (Å²) in [4.78, 5) is 19.1. The maximum absolute atomic E-state index is 10.8. The molecule has 0 bridgehead atoms. The van der Waals surface area contributed by atoms with E-state index in [0.717, 1.165) is 0 Å². The Morgan fingerprint density at radius 3 is 2.79 bits per heavy atom. The summed E-state index contributed by atoms with van der Waals surface area (Å²) < 4.78 is 0. The highest BCUT2D eigenvalue weighted by Crippen LogP contribution is 2.13. The Morgan fingerprint density at radius 2 is 2.43 bits per heavy atom. The molecule has 0 fully saturated rings. The Balaban J connectivity index is 0.00000169. The molecule has 0 amide bonds. The zero-order valence-corrected chi connectivity index (χ0v) is 9.45. The van der Waals surface area contributed by atoms with Crippen LogP contribution in [-0.4, -0.2) is 23.0 Å². The molecule has 0 spiro atoms. The average Bonchev–Trinajstić information content (AvgIpc) is 2.46. The third-order valence-electron chi connectivity index (χ3n) is 1.13. The third kappa shape index (κ3) is 3.13. The molecule has 0 aliphatic rings. The molecule has 0 saturated carbocycles. The van der Waals surface area contributed by atoms with E-state index in [0.29, 0.717) is 10.8 Å². The van der Waals surface area contributed by atoms with Crippen LogP contribution in [0.1, 0.15) is 5.69 Å². The van der Waals surface area contributed by atoms with Crippen LogP contribution in [0.5, 0.6) is 0 Å². The van der Waals surface area contributed by atoms with Gasteiger partial charge in [-0.05, 0) is 11.6 Å². The molecular weight excluding hydrogens is 249 g/mol. The molecule has 0 aliphatic heterocycles. The second-order valence-electron chi connectivity index (χ2n) is 1.97. The Bertz CT molecular complexity index is 353. The number of nitrogens with zero attached hydrogens (tertiary/aromatic N) is 2. The maximum Gasteiger partial charge on any atom is 0.276 e. The van der Waals surface area contributed by atoms with E-state index >= 15 is 0 Å². The van der Waals surface area contributed by atoms with Crippen molar-refractivity contribution in [3.63, 3.8) is 0 Å². The van der Waals surface area contributed by atoms with E-state index in [2.05, 4.69) is 15.0 Å². The quantitative estimate of drug-likeness (QED) is 0.501. The van der Waals surface area contributed by atoms with Crippen LogP contribution in [0.25, 0.3) is 0 Å². The molecule has 14 heavy (non-hydrogen) atoms. The van der Waals surface area contributed by atoms with E-state index in [-0.39, 0.29) is 18.1 Å². The number of aromatic nitrogens is 1. The molecule has 0 saturated heterocycles. The van der Waals surface area contributed by atoms with E-state index in [1.165, 1.54) is 18.4 Å². The first-order chi connectivity index (χ1) is 6.15. The molecular formula is C6H7Cl2N3O2S. The topological polar surface area (TPSA) is 77.6 Å². The monoisotopic (exact) mass is 255 g/mol. The van der Waals surface area contributed by atoms with Crippen LogP contribution in [0.3, 0.4) is 0 Å². The Morgan fingerprint density at radius 1 is 1.79 bits per heavy atom. The molecule has 8 heteroatoms.